The Kier molecular flexibility index (Phi) is 7.93. The van der Waals surface area contributed by atoms with E-state index in [2.05, 4.69) is 13.2 Å². The topological polar surface area (TPSA) is 83.9 Å². The van der Waals surface area contributed by atoms with Gasteiger partial charge in [0.15, 0.2) is 0 Å². The molecule has 0 aliphatic rings. The second-order valence-corrected chi connectivity index (χ2v) is 4.83. The number of rotatable bonds is 8. The van der Waals surface area contributed by atoms with Crippen LogP contribution in [0.25, 0.3) is 0 Å². The van der Waals surface area contributed by atoms with E-state index < -0.39 is 17.8 Å². The highest BCUT2D eigenvalue weighted by atomic mass is 16.5. The maximum atomic E-state index is 12.2. The van der Waals surface area contributed by atoms with Crippen LogP contribution in [-0.2, 0) is 19.1 Å². The van der Waals surface area contributed by atoms with Crippen LogP contribution in [0.3, 0.4) is 0 Å². The van der Waals surface area contributed by atoms with Gasteiger partial charge in [-0.25, -0.2) is 4.79 Å². The third kappa shape index (κ3) is 6.67. The van der Waals surface area contributed by atoms with Crippen molar-refractivity contribution in [2.24, 2.45) is 5.92 Å². The minimum atomic E-state index is -1.24. The number of nitrogens with zero attached hydrogens (tertiary/aromatic N) is 1. The van der Waals surface area contributed by atoms with Crippen LogP contribution < -0.4 is 0 Å². The van der Waals surface area contributed by atoms with Gasteiger partial charge >= 0.3 is 5.97 Å². The van der Waals surface area contributed by atoms with Crippen molar-refractivity contribution in [3.05, 3.63) is 36.5 Å². The monoisotopic (exact) mass is 295 g/mol. The van der Waals surface area contributed by atoms with Crippen molar-refractivity contribution in [1.29, 1.82) is 0 Å². The van der Waals surface area contributed by atoms with Crippen LogP contribution in [0.5, 0.6) is 0 Å². The lowest BCUT2D eigenvalue weighted by Crippen LogP contribution is -2.38. The van der Waals surface area contributed by atoms with E-state index >= 15 is 0 Å². The zero-order valence-corrected chi connectivity index (χ0v) is 12.6. The maximum absolute atomic E-state index is 12.2. The van der Waals surface area contributed by atoms with Gasteiger partial charge in [0.2, 0.25) is 0 Å². The van der Waals surface area contributed by atoms with Crippen LogP contribution in [0.2, 0.25) is 0 Å². The van der Waals surface area contributed by atoms with Gasteiger partial charge in [0, 0.05) is 5.57 Å². The van der Waals surface area contributed by atoms with Gasteiger partial charge in [-0.3, -0.25) is 14.5 Å². The van der Waals surface area contributed by atoms with Gasteiger partial charge in [-0.05, 0) is 25.0 Å². The van der Waals surface area contributed by atoms with E-state index in [0.717, 1.165) is 17.1 Å². The van der Waals surface area contributed by atoms with Crippen LogP contribution >= 0.6 is 0 Å². The zero-order chi connectivity index (χ0) is 16.6. The van der Waals surface area contributed by atoms with Crippen molar-refractivity contribution in [2.45, 2.75) is 20.8 Å². The number of imide groups is 1. The number of ether oxygens (including phenoxy) is 1. The molecule has 0 bridgehead atoms. The number of carbonyl (C=O) groups excluding carboxylic acids is 2. The molecular formula is C15H21NO5. The summed E-state index contributed by atoms with van der Waals surface area (Å²) in [6.07, 6.45) is 2.10. The quantitative estimate of drug-likeness (QED) is 0.419. The Balaban J connectivity index is 5.02. The fourth-order valence-corrected chi connectivity index (χ4v) is 1.31. The van der Waals surface area contributed by atoms with E-state index in [1.165, 1.54) is 6.92 Å². The maximum Gasteiger partial charge on any atom is 0.335 e. The number of carboxylic acids is 1. The zero-order valence-electron chi connectivity index (χ0n) is 12.6. The Hall–Kier alpha value is -2.21. The normalized spacial score (nSPS) is 11.1. The molecule has 0 spiro atoms. The molecule has 0 aromatic rings. The van der Waals surface area contributed by atoms with Gasteiger partial charge in [0.25, 0.3) is 11.8 Å². The summed E-state index contributed by atoms with van der Waals surface area (Å²) in [4.78, 5) is 35.4. The lowest BCUT2D eigenvalue weighted by Gasteiger charge is -2.20. The van der Waals surface area contributed by atoms with Gasteiger partial charge < -0.3 is 9.84 Å². The third-order valence-electron chi connectivity index (χ3n) is 2.36. The first-order chi connectivity index (χ1) is 9.70. The van der Waals surface area contributed by atoms with Crippen LogP contribution in [-0.4, -0.2) is 41.1 Å². The van der Waals surface area contributed by atoms with Crippen LogP contribution in [0.15, 0.2) is 36.5 Å². The Labute approximate surface area is 124 Å². The molecule has 0 rings (SSSR count). The number of carbonyl (C=O) groups is 3. The standard InChI is InChI=1S/C15H21NO5/c1-6-13(17)16(9-21-8-10(2)3)14(18)11(4)7-12(5)15(19)20/h6-7,10H,1,5,8-9H2,2-4H3,(H,19,20). The summed E-state index contributed by atoms with van der Waals surface area (Å²) in [6.45, 7) is 12.1. The number of amides is 2. The summed E-state index contributed by atoms with van der Waals surface area (Å²) in [5.41, 5.74) is -0.166. The molecule has 0 unspecified atom stereocenters. The predicted octanol–water partition coefficient (Wildman–Crippen LogP) is 1.74. The summed E-state index contributed by atoms with van der Waals surface area (Å²) in [7, 11) is 0. The summed E-state index contributed by atoms with van der Waals surface area (Å²) >= 11 is 0. The Morgan fingerprint density at radius 1 is 1.33 bits per heavy atom. The second-order valence-electron chi connectivity index (χ2n) is 4.83. The van der Waals surface area contributed by atoms with Gasteiger partial charge in [0.05, 0.1) is 12.2 Å². The van der Waals surface area contributed by atoms with E-state index in [0.29, 0.717) is 6.61 Å². The third-order valence-corrected chi connectivity index (χ3v) is 2.36. The molecule has 0 fully saturated rings. The first-order valence-electron chi connectivity index (χ1n) is 6.37. The second kappa shape index (κ2) is 8.86. The van der Waals surface area contributed by atoms with Crippen molar-refractivity contribution in [1.82, 2.24) is 4.90 Å². The molecule has 116 valence electrons. The molecular weight excluding hydrogens is 274 g/mol. The molecule has 0 saturated heterocycles. The van der Waals surface area contributed by atoms with Gasteiger partial charge in [-0.1, -0.05) is 27.0 Å². The van der Waals surface area contributed by atoms with Gasteiger partial charge in [-0.15, -0.1) is 0 Å². The molecule has 0 radical (unpaired) electrons. The molecule has 0 aliphatic carbocycles. The Morgan fingerprint density at radius 3 is 2.33 bits per heavy atom. The smallest absolute Gasteiger partial charge is 0.335 e. The molecule has 0 aromatic heterocycles. The minimum absolute atomic E-state index is 0.0748. The number of hydrogen-bond acceptors (Lipinski definition) is 4. The van der Waals surface area contributed by atoms with Crippen molar-refractivity contribution in [2.75, 3.05) is 13.3 Å². The van der Waals surface area contributed by atoms with E-state index in [4.69, 9.17) is 9.84 Å². The molecule has 2 amide bonds. The summed E-state index contributed by atoms with van der Waals surface area (Å²) in [5.74, 6) is -2.24. The van der Waals surface area contributed by atoms with E-state index in [1.54, 1.807) is 0 Å². The summed E-state index contributed by atoms with van der Waals surface area (Å²) in [6, 6.07) is 0. The lowest BCUT2D eigenvalue weighted by molar-refractivity contribution is -0.146. The largest absolute Gasteiger partial charge is 0.478 e. The van der Waals surface area contributed by atoms with Crippen LogP contribution in [0.1, 0.15) is 20.8 Å². The molecule has 0 aliphatic heterocycles. The van der Waals surface area contributed by atoms with Crippen LogP contribution in [0.4, 0.5) is 0 Å². The molecule has 0 heterocycles. The van der Waals surface area contributed by atoms with E-state index in [-0.39, 0.29) is 23.8 Å². The minimum Gasteiger partial charge on any atom is -0.478 e. The Bertz CT molecular complexity index is 476. The number of aliphatic carboxylic acids is 1. The molecule has 0 atom stereocenters. The summed E-state index contributed by atoms with van der Waals surface area (Å²) < 4.78 is 5.27. The van der Waals surface area contributed by atoms with Gasteiger partial charge in [0.1, 0.15) is 6.73 Å². The van der Waals surface area contributed by atoms with Gasteiger partial charge in [-0.2, -0.15) is 0 Å². The molecule has 1 N–H and O–H groups in total. The Morgan fingerprint density at radius 2 is 1.90 bits per heavy atom. The van der Waals surface area contributed by atoms with Crippen molar-refractivity contribution >= 4 is 17.8 Å². The number of carboxylic acid groups (broad SMARTS) is 1. The highest BCUT2D eigenvalue weighted by Gasteiger charge is 2.21. The van der Waals surface area contributed by atoms with E-state index in [1.807, 2.05) is 13.8 Å². The molecule has 0 aromatic carbocycles. The fourth-order valence-electron chi connectivity index (χ4n) is 1.31. The molecule has 21 heavy (non-hydrogen) atoms. The van der Waals surface area contributed by atoms with Crippen molar-refractivity contribution < 1.29 is 24.2 Å². The van der Waals surface area contributed by atoms with Crippen molar-refractivity contribution in [3.8, 4) is 0 Å². The summed E-state index contributed by atoms with van der Waals surface area (Å²) in [5, 5.41) is 8.73. The molecule has 6 nitrogen and oxygen atoms in total. The highest BCUT2D eigenvalue weighted by Crippen LogP contribution is 2.07. The van der Waals surface area contributed by atoms with Crippen molar-refractivity contribution in [3.63, 3.8) is 0 Å². The molecule has 0 saturated carbocycles. The predicted molar refractivity (Wildman–Crippen MR) is 78.2 cm³/mol. The average molecular weight is 295 g/mol. The first-order valence-corrected chi connectivity index (χ1v) is 6.37. The SMILES string of the molecule is C=CC(=O)N(COCC(C)C)C(=O)C(C)=CC(=C)C(=O)O. The van der Waals surface area contributed by atoms with Crippen LogP contribution in [0, 0.1) is 5.92 Å². The first kappa shape index (κ1) is 18.8. The lowest BCUT2D eigenvalue weighted by atomic mass is 10.1. The average Bonchev–Trinajstić information content (AvgIpc) is 2.41. The fraction of sp³-hybridized carbons (Fsp3) is 0.400. The highest BCUT2D eigenvalue weighted by molar-refractivity contribution is 6.08. The molecule has 6 heteroatoms. The number of hydrogen-bond donors (Lipinski definition) is 1. The van der Waals surface area contributed by atoms with E-state index in [9.17, 15) is 14.4 Å².